The smallest absolute Gasteiger partial charge is 0.410 e. The molecule has 1 aliphatic heterocycles. The van der Waals surface area contributed by atoms with Gasteiger partial charge in [0.15, 0.2) is 0 Å². The molecule has 26 heavy (non-hydrogen) atoms. The van der Waals surface area contributed by atoms with Crippen molar-refractivity contribution in [2.45, 2.75) is 45.3 Å². The van der Waals surface area contributed by atoms with E-state index in [9.17, 15) is 9.90 Å². The highest BCUT2D eigenvalue weighted by Crippen LogP contribution is 2.38. The number of nitrogens with zero attached hydrogens (tertiary/aromatic N) is 4. The van der Waals surface area contributed by atoms with Gasteiger partial charge >= 0.3 is 6.09 Å². The molecule has 0 spiro atoms. The molecule has 2 heterocycles. The summed E-state index contributed by atoms with van der Waals surface area (Å²) in [6.45, 7) is 10.4. The highest BCUT2D eigenvalue weighted by atomic mass is 35.5. The fourth-order valence-corrected chi connectivity index (χ4v) is 4.11. The Morgan fingerprint density at radius 1 is 1.38 bits per heavy atom. The summed E-state index contributed by atoms with van der Waals surface area (Å²) in [6.07, 6.45) is 0.886. The van der Waals surface area contributed by atoms with Crippen LogP contribution in [0.1, 0.15) is 25.5 Å². The van der Waals surface area contributed by atoms with E-state index in [1.807, 2.05) is 18.3 Å². The van der Waals surface area contributed by atoms with Gasteiger partial charge in [0.1, 0.15) is 13.8 Å². The van der Waals surface area contributed by atoms with Crippen molar-refractivity contribution in [2.75, 3.05) is 6.61 Å². The van der Waals surface area contributed by atoms with Crippen molar-refractivity contribution in [1.82, 2.24) is 19.9 Å². The lowest BCUT2D eigenvalue weighted by Crippen LogP contribution is -2.44. The van der Waals surface area contributed by atoms with Crippen LogP contribution < -0.4 is 5.32 Å². The Hall–Kier alpha value is -1.90. The van der Waals surface area contributed by atoms with E-state index in [4.69, 9.17) is 16.3 Å². The van der Waals surface area contributed by atoms with Gasteiger partial charge in [-0.05, 0) is 31.5 Å². The molecule has 1 atom stereocenters. The van der Waals surface area contributed by atoms with E-state index in [1.54, 1.807) is 24.6 Å². The molecule has 0 bridgehead atoms. The molecule has 2 aromatic rings. The predicted molar refractivity (Wildman–Crippen MR) is 102 cm³/mol. The van der Waals surface area contributed by atoms with Crippen LogP contribution in [0.15, 0.2) is 24.4 Å². The molecule has 1 N–H and O–H groups in total. The summed E-state index contributed by atoms with van der Waals surface area (Å²) in [5, 5.41) is 19.6. The second-order valence-corrected chi connectivity index (χ2v) is 13.4. The zero-order valence-electron chi connectivity index (χ0n) is 15.5. The third kappa shape index (κ3) is 3.36. The van der Waals surface area contributed by atoms with E-state index in [1.165, 1.54) is 4.90 Å². The normalized spacial score (nSPS) is 19.8. The van der Waals surface area contributed by atoms with E-state index < -0.39 is 25.9 Å². The van der Waals surface area contributed by atoms with Gasteiger partial charge in [0, 0.05) is 6.20 Å². The number of aromatic nitrogens is 3. The number of hydrogen-bond acceptors (Lipinski definition) is 4. The number of carboxylic acid groups (broad SMARTS) is 1. The maximum atomic E-state index is 11.7. The summed E-state index contributed by atoms with van der Waals surface area (Å²) in [5.74, 6) is 0. The van der Waals surface area contributed by atoms with Gasteiger partial charge in [0.25, 0.3) is 0 Å². The molecule has 3 rings (SSSR count). The predicted octanol–water partition coefficient (Wildman–Crippen LogP) is 3.25. The van der Waals surface area contributed by atoms with Crippen LogP contribution in [0.5, 0.6) is 0 Å². The van der Waals surface area contributed by atoms with E-state index in [0.29, 0.717) is 10.7 Å². The molecule has 1 aromatic heterocycles. The molecule has 1 saturated heterocycles. The van der Waals surface area contributed by atoms with Crippen LogP contribution in [-0.2, 0) is 4.74 Å². The SMILES string of the molecule is CC1(C)OCC(c2ccc(Cl)c(-n3cc([Si](C)(C)C)nn3)c2)N1C(=O)O. The first-order valence-corrected chi connectivity index (χ1v) is 12.3. The topological polar surface area (TPSA) is 80.5 Å². The molecule has 1 fully saturated rings. The van der Waals surface area contributed by atoms with Crippen molar-refractivity contribution >= 4 is 31.1 Å². The van der Waals surface area contributed by atoms with Gasteiger partial charge in [-0.25, -0.2) is 9.48 Å². The van der Waals surface area contributed by atoms with Crippen LogP contribution in [0.4, 0.5) is 4.79 Å². The Morgan fingerprint density at radius 2 is 2.08 bits per heavy atom. The van der Waals surface area contributed by atoms with Crippen molar-refractivity contribution < 1.29 is 14.6 Å². The first-order chi connectivity index (χ1) is 12.0. The van der Waals surface area contributed by atoms with Crippen LogP contribution in [-0.4, -0.2) is 51.5 Å². The van der Waals surface area contributed by atoms with Crippen molar-refractivity contribution in [1.29, 1.82) is 0 Å². The van der Waals surface area contributed by atoms with E-state index >= 15 is 0 Å². The van der Waals surface area contributed by atoms with Gasteiger partial charge in [-0.1, -0.05) is 42.5 Å². The average Bonchev–Trinajstić information content (AvgIpc) is 3.11. The highest BCUT2D eigenvalue weighted by molar-refractivity contribution is 6.88. The summed E-state index contributed by atoms with van der Waals surface area (Å²) >= 11 is 6.38. The maximum Gasteiger partial charge on any atom is 0.410 e. The lowest BCUT2D eigenvalue weighted by Gasteiger charge is -2.31. The standard InChI is InChI=1S/C17H23ClN4O3Si/c1-17(2)22(16(23)24)14(10-25-17)11-6-7-12(18)13(8-11)21-9-15(19-20-21)26(3,4)5/h6-9,14H,10H2,1-5H3,(H,23,24). The number of hydrogen-bond donors (Lipinski definition) is 1. The quantitative estimate of drug-likeness (QED) is 0.808. The Balaban J connectivity index is 2.01. The minimum Gasteiger partial charge on any atom is -0.465 e. The molecule has 1 amide bonds. The number of ether oxygens (including phenoxy) is 1. The minimum absolute atomic E-state index is 0.290. The molecule has 1 unspecified atom stereocenters. The fraction of sp³-hybridized carbons (Fsp3) is 0.471. The number of amides is 1. The molecule has 0 saturated carbocycles. The molecule has 1 aliphatic rings. The summed E-state index contributed by atoms with van der Waals surface area (Å²) in [5.41, 5.74) is 0.604. The van der Waals surface area contributed by atoms with Gasteiger partial charge in [0.2, 0.25) is 0 Å². The number of rotatable bonds is 3. The highest BCUT2D eigenvalue weighted by Gasteiger charge is 2.44. The second-order valence-electron chi connectivity index (χ2n) is 7.94. The minimum atomic E-state index is -1.59. The van der Waals surface area contributed by atoms with Gasteiger partial charge in [0.05, 0.1) is 28.7 Å². The lowest BCUT2D eigenvalue weighted by molar-refractivity contribution is -0.0420. The molecular weight excluding hydrogens is 372 g/mol. The Kier molecular flexibility index (Phi) is 4.62. The van der Waals surface area contributed by atoms with Crippen LogP contribution >= 0.6 is 11.6 Å². The van der Waals surface area contributed by atoms with E-state index in [0.717, 1.165) is 10.9 Å². The summed E-state index contributed by atoms with van der Waals surface area (Å²) in [7, 11) is -1.59. The van der Waals surface area contributed by atoms with E-state index in [-0.39, 0.29) is 6.61 Å². The Labute approximate surface area is 158 Å². The third-order valence-corrected chi connectivity index (χ3v) is 6.64. The fourth-order valence-electron chi connectivity index (χ4n) is 3.05. The van der Waals surface area contributed by atoms with Crippen LogP contribution in [0.25, 0.3) is 5.69 Å². The number of halogens is 1. The monoisotopic (exact) mass is 394 g/mol. The third-order valence-electron chi connectivity index (χ3n) is 4.56. The zero-order valence-corrected chi connectivity index (χ0v) is 17.3. The summed E-state index contributed by atoms with van der Waals surface area (Å²) < 4.78 is 7.35. The maximum absolute atomic E-state index is 11.7. The molecule has 0 radical (unpaired) electrons. The first kappa shape index (κ1) is 18.9. The average molecular weight is 395 g/mol. The Morgan fingerprint density at radius 3 is 2.65 bits per heavy atom. The molecule has 140 valence electrons. The summed E-state index contributed by atoms with van der Waals surface area (Å²) in [6, 6.07) is 5.04. The molecule has 1 aromatic carbocycles. The van der Waals surface area contributed by atoms with Gasteiger partial charge in [-0.2, -0.15) is 0 Å². The first-order valence-electron chi connectivity index (χ1n) is 8.39. The number of carbonyl (C=O) groups is 1. The molecular formula is C17H23ClN4O3Si. The van der Waals surface area contributed by atoms with Crippen LogP contribution in [0, 0.1) is 0 Å². The number of benzene rings is 1. The van der Waals surface area contributed by atoms with Crippen LogP contribution in [0.2, 0.25) is 24.7 Å². The molecule has 0 aliphatic carbocycles. The summed E-state index contributed by atoms with van der Waals surface area (Å²) in [4.78, 5) is 13.1. The Bertz CT molecular complexity index is 847. The van der Waals surface area contributed by atoms with Crippen LogP contribution in [0.3, 0.4) is 0 Å². The molecule has 7 nitrogen and oxygen atoms in total. The van der Waals surface area contributed by atoms with Crippen molar-refractivity contribution in [3.8, 4) is 5.69 Å². The molecule has 9 heteroatoms. The van der Waals surface area contributed by atoms with Crippen molar-refractivity contribution in [3.63, 3.8) is 0 Å². The lowest BCUT2D eigenvalue weighted by atomic mass is 10.1. The van der Waals surface area contributed by atoms with Gasteiger partial charge < -0.3 is 9.84 Å². The second kappa shape index (κ2) is 6.36. The zero-order chi connectivity index (χ0) is 19.3. The van der Waals surface area contributed by atoms with Crippen molar-refractivity contribution in [3.05, 3.63) is 35.0 Å². The van der Waals surface area contributed by atoms with Crippen molar-refractivity contribution in [2.24, 2.45) is 0 Å². The largest absolute Gasteiger partial charge is 0.465 e. The van der Waals surface area contributed by atoms with Gasteiger partial charge in [-0.3, -0.25) is 4.90 Å². The van der Waals surface area contributed by atoms with E-state index in [2.05, 4.69) is 30.0 Å². The van der Waals surface area contributed by atoms with Gasteiger partial charge in [-0.15, -0.1) is 5.10 Å².